The van der Waals surface area contributed by atoms with E-state index in [1.54, 1.807) is 6.20 Å². The molecule has 16 heavy (non-hydrogen) atoms. The molecule has 1 amide bonds. The van der Waals surface area contributed by atoms with Crippen molar-refractivity contribution >= 4 is 5.91 Å². The number of carbonyl (C=O) groups excluding carboxylic acids is 1. The fourth-order valence-corrected chi connectivity index (χ4v) is 1.84. The number of aryl methyl sites for hydroxylation is 1. The van der Waals surface area contributed by atoms with Gasteiger partial charge in [-0.15, -0.1) is 0 Å². The van der Waals surface area contributed by atoms with Crippen LogP contribution in [0.3, 0.4) is 0 Å². The minimum atomic E-state index is 0.163. The van der Waals surface area contributed by atoms with Gasteiger partial charge >= 0.3 is 0 Å². The van der Waals surface area contributed by atoms with E-state index >= 15 is 0 Å². The number of aromatic nitrogens is 1. The summed E-state index contributed by atoms with van der Waals surface area (Å²) in [6.45, 7) is 3.64. The number of hydrogen-bond acceptors (Lipinski definition) is 3. The first-order valence-electron chi connectivity index (χ1n) is 5.65. The highest BCUT2D eigenvalue weighted by molar-refractivity contribution is 5.76. The first-order valence-corrected chi connectivity index (χ1v) is 5.65. The van der Waals surface area contributed by atoms with Crippen molar-refractivity contribution in [3.8, 4) is 0 Å². The number of nitrogens with zero attached hydrogens (tertiary/aromatic N) is 1. The summed E-state index contributed by atoms with van der Waals surface area (Å²) in [7, 11) is 0. The van der Waals surface area contributed by atoms with Crippen molar-refractivity contribution in [1.82, 2.24) is 15.6 Å². The molecule has 86 valence electrons. The second kappa shape index (κ2) is 5.07. The molecule has 4 nitrogen and oxygen atoms in total. The highest BCUT2D eigenvalue weighted by Gasteiger charge is 2.17. The maximum Gasteiger partial charge on any atom is 0.220 e. The second-order valence-corrected chi connectivity index (χ2v) is 4.22. The molecule has 1 fully saturated rings. The van der Waals surface area contributed by atoms with E-state index in [0.29, 0.717) is 12.5 Å². The van der Waals surface area contributed by atoms with Gasteiger partial charge in [0.05, 0.1) is 0 Å². The van der Waals surface area contributed by atoms with Crippen LogP contribution in [-0.2, 0) is 11.3 Å². The molecule has 0 saturated carbocycles. The Hall–Kier alpha value is -1.42. The minimum Gasteiger partial charge on any atom is -0.355 e. The zero-order valence-electron chi connectivity index (χ0n) is 9.49. The van der Waals surface area contributed by atoms with Crippen LogP contribution >= 0.6 is 0 Å². The van der Waals surface area contributed by atoms with Crippen LogP contribution in [0.25, 0.3) is 0 Å². The lowest BCUT2D eigenvalue weighted by Crippen LogP contribution is -2.45. The van der Waals surface area contributed by atoms with Gasteiger partial charge in [0, 0.05) is 37.9 Å². The quantitative estimate of drug-likeness (QED) is 0.789. The van der Waals surface area contributed by atoms with Gasteiger partial charge in [-0.3, -0.25) is 9.78 Å². The highest BCUT2D eigenvalue weighted by atomic mass is 16.1. The van der Waals surface area contributed by atoms with Gasteiger partial charge in [0.1, 0.15) is 0 Å². The summed E-state index contributed by atoms with van der Waals surface area (Å²) < 4.78 is 0. The maximum atomic E-state index is 11.0. The number of rotatable bonds is 3. The summed E-state index contributed by atoms with van der Waals surface area (Å²) in [4.78, 5) is 15.1. The molecule has 1 saturated heterocycles. The lowest BCUT2D eigenvalue weighted by molar-refractivity contribution is -0.122. The van der Waals surface area contributed by atoms with Gasteiger partial charge < -0.3 is 10.6 Å². The molecular weight excluding hydrogens is 202 g/mol. The molecule has 1 unspecified atom stereocenters. The molecule has 1 aromatic heterocycles. The average molecular weight is 219 g/mol. The highest BCUT2D eigenvalue weighted by Crippen LogP contribution is 2.07. The van der Waals surface area contributed by atoms with Crippen molar-refractivity contribution in [3.63, 3.8) is 0 Å². The van der Waals surface area contributed by atoms with E-state index < -0.39 is 0 Å². The van der Waals surface area contributed by atoms with E-state index in [0.717, 1.165) is 19.5 Å². The molecule has 0 aromatic carbocycles. The Morgan fingerprint density at radius 2 is 2.50 bits per heavy atom. The van der Waals surface area contributed by atoms with E-state index in [1.807, 2.05) is 12.3 Å². The Labute approximate surface area is 95.5 Å². The van der Waals surface area contributed by atoms with Crippen molar-refractivity contribution in [3.05, 3.63) is 29.6 Å². The van der Waals surface area contributed by atoms with E-state index in [4.69, 9.17) is 0 Å². The van der Waals surface area contributed by atoms with Crippen LogP contribution in [0, 0.1) is 6.92 Å². The standard InChI is InChI=1S/C12H17N3O/c1-9-4-5-13-6-10(9)7-14-11-2-3-12(16)15-8-11/h4-6,11,14H,2-3,7-8H2,1H3,(H,15,16). The zero-order chi connectivity index (χ0) is 11.4. The normalized spacial score (nSPS) is 20.6. The van der Waals surface area contributed by atoms with Gasteiger partial charge in [0.25, 0.3) is 0 Å². The number of nitrogens with one attached hydrogen (secondary N) is 2. The van der Waals surface area contributed by atoms with Gasteiger partial charge in [-0.05, 0) is 30.5 Å². The van der Waals surface area contributed by atoms with Gasteiger partial charge in [-0.25, -0.2) is 0 Å². The third-order valence-electron chi connectivity index (χ3n) is 2.99. The van der Waals surface area contributed by atoms with Crippen molar-refractivity contribution in [2.45, 2.75) is 32.4 Å². The molecule has 0 spiro atoms. The molecule has 1 aliphatic rings. The van der Waals surface area contributed by atoms with Crippen LogP contribution in [0.2, 0.25) is 0 Å². The van der Waals surface area contributed by atoms with Gasteiger partial charge in [0.2, 0.25) is 5.91 Å². The topological polar surface area (TPSA) is 54.0 Å². The van der Waals surface area contributed by atoms with Crippen molar-refractivity contribution in [1.29, 1.82) is 0 Å². The number of hydrogen-bond donors (Lipinski definition) is 2. The van der Waals surface area contributed by atoms with Crippen molar-refractivity contribution < 1.29 is 4.79 Å². The van der Waals surface area contributed by atoms with E-state index in [9.17, 15) is 4.79 Å². The summed E-state index contributed by atoms with van der Waals surface area (Å²) in [5.41, 5.74) is 2.47. The lowest BCUT2D eigenvalue weighted by atomic mass is 10.1. The summed E-state index contributed by atoms with van der Waals surface area (Å²) in [6, 6.07) is 2.40. The summed E-state index contributed by atoms with van der Waals surface area (Å²) in [5, 5.41) is 6.31. The lowest BCUT2D eigenvalue weighted by Gasteiger charge is -2.23. The molecule has 0 radical (unpaired) electrons. The van der Waals surface area contributed by atoms with Crippen LogP contribution in [-0.4, -0.2) is 23.5 Å². The fourth-order valence-electron chi connectivity index (χ4n) is 1.84. The van der Waals surface area contributed by atoms with Crippen LogP contribution in [0.15, 0.2) is 18.5 Å². The molecular formula is C12H17N3O. The largest absolute Gasteiger partial charge is 0.355 e. The fraction of sp³-hybridized carbons (Fsp3) is 0.500. The summed E-state index contributed by atoms with van der Waals surface area (Å²) >= 11 is 0. The molecule has 0 aliphatic carbocycles. The first kappa shape index (κ1) is 11.1. The minimum absolute atomic E-state index is 0.163. The van der Waals surface area contributed by atoms with Crippen LogP contribution < -0.4 is 10.6 Å². The maximum absolute atomic E-state index is 11.0. The Bertz CT molecular complexity index is 368. The molecule has 0 bridgehead atoms. The summed E-state index contributed by atoms with van der Waals surface area (Å²) in [5.74, 6) is 0.163. The van der Waals surface area contributed by atoms with Crippen LogP contribution in [0.5, 0.6) is 0 Å². The molecule has 1 atom stereocenters. The second-order valence-electron chi connectivity index (χ2n) is 4.22. The number of amides is 1. The molecule has 2 heterocycles. The molecule has 1 aliphatic heterocycles. The van der Waals surface area contributed by atoms with Gasteiger partial charge in [0.15, 0.2) is 0 Å². The Balaban J connectivity index is 1.84. The number of pyridine rings is 1. The number of carbonyl (C=O) groups is 1. The van der Waals surface area contributed by atoms with Crippen LogP contribution in [0.1, 0.15) is 24.0 Å². The molecule has 4 heteroatoms. The molecule has 1 aromatic rings. The zero-order valence-corrected chi connectivity index (χ0v) is 9.49. The first-order chi connectivity index (χ1) is 7.75. The molecule has 2 N–H and O–H groups in total. The molecule has 2 rings (SSSR count). The smallest absolute Gasteiger partial charge is 0.220 e. The average Bonchev–Trinajstić information content (AvgIpc) is 2.30. The van der Waals surface area contributed by atoms with E-state index in [1.165, 1.54) is 11.1 Å². The van der Waals surface area contributed by atoms with Gasteiger partial charge in [-0.2, -0.15) is 0 Å². The number of piperidine rings is 1. The third kappa shape index (κ3) is 2.79. The summed E-state index contributed by atoms with van der Waals surface area (Å²) in [6.07, 6.45) is 5.25. The predicted molar refractivity (Wildman–Crippen MR) is 61.8 cm³/mol. The SMILES string of the molecule is Cc1ccncc1CNC1CCC(=O)NC1. The van der Waals surface area contributed by atoms with Gasteiger partial charge in [-0.1, -0.05) is 0 Å². The van der Waals surface area contributed by atoms with Crippen molar-refractivity contribution in [2.24, 2.45) is 0 Å². The monoisotopic (exact) mass is 219 g/mol. The third-order valence-corrected chi connectivity index (χ3v) is 2.99. The van der Waals surface area contributed by atoms with Crippen molar-refractivity contribution in [2.75, 3.05) is 6.54 Å². The Morgan fingerprint density at radius 3 is 3.19 bits per heavy atom. The Morgan fingerprint density at radius 1 is 1.62 bits per heavy atom. The predicted octanol–water partition coefficient (Wildman–Crippen LogP) is 0.758. The van der Waals surface area contributed by atoms with E-state index in [-0.39, 0.29) is 5.91 Å². The van der Waals surface area contributed by atoms with E-state index in [2.05, 4.69) is 22.5 Å². The Kier molecular flexibility index (Phi) is 3.51. The van der Waals surface area contributed by atoms with Crippen LogP contribution in [0.4, 0.5) is 0 Å².